The quantitative estimate of drug-likeness (QED) is 0.776. The van der Waals surface area contributed by atoms with Crippen molar-refractivity contribution in [2.45, 2.75) is 26.3 Å². The number of methoxy groups -OCH3 is 1. The maximum absolute atomic E-state index is 6.08. The molecule has 0 saturated heterocycles. The van der Waals surface area contributed by atoms with Crippen LogP contribution in [0.3, 0.4) is 0 Å². The Kier molecular flexibility index (Phi) is 6.47. The molecule has 3 nitrogen and oxygen atoms in total. The standard InChI is InChI=1S/C14H22ClNO2/c1-10(2)13(16)8-11-4-5-12(15)14(9-11)18-7-6-17-3/h4-5,9-10,13H,6-8,16H2,1-3H3/t13-/m0/s1. The van der Waals surface area contributed by atoms with E-state index in [2.05, 4.69) is 13.8 Å². The molecule has 2 N–H and O–H groups in total. The van der Waals surface area contributed by atoms with Gasteiger partial charge in [-0.05, 0) is 30.0 Å². The molecule has 0 spiro atoms. The van der Waals surface area contributed by atoms with Gasteiger partial charge < -0.3 is 15.2 Å². The predicted octanol–water partition coefficient (Wildman–Crippen LogP) is 2.89. The lowest BCUT2D eigenvalue weighted by Gasteiger charge is -2.16. The largest absolute Gasteiger partial charge is 0.490 e. The molecule has 0 aliphatic carbocycles. The number of halogens is 1. The molecule has 0 saturated carbocycles. The summed E-state index contributed by atoms with van der Waals surface area (Å²) in [4.78, 5) is 0. The van der Waals surface area contributed by atoms with E-state index in [4.69, 9.17) is 26.8 Å². The van der Waals surface area contributed by atoms with Crippen LogP contribution in [0.25, 0.3) is 0 Å². The van der Waals surface area contributed by atoms with Gasteiger partial charge in [0.1, 0.15) is 12.4 Å². The molecule has 0 heterocycles. The third kappa shape index (κ3) is 4.84. The number of hydrogen-bond donors (Lipinski definition) is 1. The summed E-state index contributed by atoms with van der Waals surface area (Å²) in [6.45, 7) is 5.29. The lowest BCUT2D eigenvalue weighted by atomic mass is 9.97. The third-order valence-electron chi connectivity index (χ3n) is 2.87. The Hall–Kier alpha value is -0.770. The van der Waals surface area contributed by atoms with E-state index in [1.165, 1.54) is 0 Å². The number of hydrogen-bond acceptors (Lipinski definition) is 3. The van der Waals surface area contributed by atoms with Crippen LogP contribution in [0.4, 0.5) is 0 Å². The van der Waals surface area contributed by atoms with Crippen LogP contribution in [0.15, 0.2) is 18.2 Å². The summed E-state index contributed by atoms with van der Waals surface area (Å²) in [6, 6.07) is 5.96. The first-order chi connectivity index (χ1) is 8.54. The Labute approximate surface area is 114 Å². The molecule has 0 aromatic heterocycles. The van der Waals surface area contributed by atoms with Crippen LogP contribution in [-0.2, 0) is 11.2 Å². The lowest BCUT2D eigenvalue weighted by molar-refractivity contribution is 0.146. The van der Waals surface area contributed by atoms with Gasteiger partial charge in [0.05, 0.1) is 11.6 Å². The minimum Gasteiger partial charge on any atom is -0.490 e. The first kappa shape index (κ1) is 15.3. The summed E-state index contributed by atoms with van der Waals surface area (Å²) in [5.41, 5.74) is 7.21. The fourth-order valence-electron chi connectivity index (χ4n) is 1.53. The van der Waals surface area contributed by atoms with Gasteiger partial charge >= 0.3 is 0 Å². The van der Waals surface area contributed by atoms with Gasteiger partial charge in [-0.25, -0.2) is 0 Å². The molecule has 1 rings (SSSR count). The minimum absolute atomic E-state index is 0.151. The van der Waals surface area contributed by atoms with Crippen molar-refractivity contribution in [3.63, 3.8) is 0 Å². The monoisotopic (exact) mass is 271 g/mol. The molecule has 0 bridgehead atoms. The maximum atomic E-state index is 6.08. The van der Waals surface area contributed by atoms with Gasteiger partial charge in [-0.3, -0.25) is 0 Å². The van der Waals surface area contributed by atoms with Crippen molar-refractivity contribution in [2.24, 2.45) is 11.7 Å². The lowest BCUT2D eigenvalue weighted by Crippen LogP contribution is -2.28. The molecule has 1 aromatic carbocycles. The topological polar surface area (TPSA) is 44.5 Å². The summed E-state index contributed by atoms with van der Waals surface area (Å²) in [7, 11) is 1.64. The number of rotatable bonds is 7. The zero-order valence-electron chi connectivity index (χ0n) is 11.3. The molecule has 0 aliphatic rings. The van der Waals surface area contributed by atoms with Crippen molar-refractivity contribution in [2.75, 3.05) is 20.3 Å². The second kappa shape index (κ2) is 7.62. The zero-order chi connectivity index (χ0) is 13.5. The Balaban J connectivity index is 2.67. The van der Waals surface area contributed by atoms with Gasteiger partial charge in [-0.1, -0.05) is 31.5 Å². The normalized spacial score (nSPS) is 12.8. The van der Waals surface area contributed by atoms with Crippen molar-refractivity contribution in [1.29, 1.82) is 0 Å². The summed E-state index contributed by atoms with van der Waals surface area (Å²) < 4.78 is 10.5. The van der Waals surface area contributed by atoms with Crippen molar-refractivity contribution < 1.29 is 9.47 Å². The fraction of sp³-hybridized carbons (Fsp3) is 0.571. The molecule has 102 valence electrons. The summed E-state index contributed by atoms with van der Waals surface area (Å²) in [5.74, 6) is 1.15. The van der Waals surface area contributed by atoms with Crippen molar-refractivity contribution in [1.82, 2.24) is 0 Å². The van der Waals surface area contributed by atoms with E-state index >= 15 is 0 Å². The van der Waals surface area contributed by atoms with Crippen LogP contribution in [0, 0.1) is 5.92 Å². The third-order valence-corrected chi connectivity index (χ3v) is 3.18. The maximum Gasteiger partial charge on any atom is 0.138 e. The molecule has 1 atom stereocenters. The molecule has 0 unspecified atom stereocenters. The molecule has 0 aliphatic heterocycles. The number of nitrogens with two attached hydrogens (primary N) is 1. The SMILES string of the molecule is COCCOc1cc(C[C@H](N)C(C)C)ccc1Cl. The van der Waals surface area contributed by atoms with Gasteiger partial charge in [0.25, 0.3) is 0 Å². The van der Waals surface area contributed by atoms with Gasteiger partial charge in [-0.2, -0.15) is 0 Å². The molecular weight excluding hydrogens is 250 g/mol. The summed E-state index contributed by atoms with van der Waals surface area (Å²) in [5, 5.41) is 0.618. The van der Waals surface area contributed by atoms with E-state index in [-0.39, 0.29) is 6.04 Å². The van der Waals surface area contributed by atoms with E-state index < -0.39 is 0 Å². The van der Waals surface area contributed by atoms with Crippen molar-refractivity contribution >= 4 is 11.6 Å². The van der Waals surface area contributed by atoms with Gasteiger partial charge in [-0.15, -0.1) is 0 Å². The van der Waals surface area contributed by atoms with Gasteiger partial charge in [0, 0.05) is 13.2 Å². The van der Waals surface area contributed by atoms with E-state index in [9.17, 15) is 0 Å². The smallest absolute Gasteiger partial charge is 0.138 e. The molecular formula is C14H22ClNO2. The zero-order valence-corrected chi connectivity index (χ0v) is 12.0. The average molecular weight is 272 g/mol. The first-order valence-corrected chi connectivity index (χ1v) is 6.58. The highest BCUT2D eigenvalue weighted by atomic mass is 35.5. The average Bonchev–Trinajstić information content (AvgIpc) is 2.33. The van der Waals surface area contributed by atoms with E-state index in [0.29, 0.717) is 29.9 Å². The molecule has 1 aromatic rings. The Morgan fingerprint density at radius 2 is 2.00 bits per heavy atom. The molecule has 0 fully saturated rings. The summed E-state index contributed by atoms with van der Waals surface area (Å²) >= 11 is 6.08. The predicted molar refractivity (Wildman–Crippen MR) is 75.3 cm³/mol. The van der Waals surface area contributed by atoms with Crippen LogP contribution in [-0.4, -0.2) is 26.4 Å². The number of ether oxygens (including phenoxy) is 2. The highest BCUT2D eigenvalue weighted by molar-refractivity contribution is 6.32. The van der Waals surface area contributed by atoms with Crippen molar-refractivity contribution in [3.05, 3.63) is 28.8 Å². The van der Waals surface area contributed by atoms with Crippen molar-refractivity contribution in [3.8, 4) is 5.75 Å². The minimum atomic E-state index is 0.151. The summed E-state index contributed by atoms with van der Waals surface area (Å²) in [6.07, 6.45) is 0.829. The van der Waals surface area contributed by atoms with Crippen LogP contribution in [0.2, 0.25) is 5.02 Å². The van der Waals surface area contributed by atoms with Gasteiger partial charge in [0.15, 0.2) is 0 Å². The fourth-order valence-corrected chi connectivity index (χ4v) is 1.70. The first-order valence-electron chi connectivity index (χ1n) is 6.20. The molecule has 18 heavy (non-hydrogen) atoms. The van der Waals surface area contributed by atoms with Gasteiger partial charge in [0.2, 0.25) is 0 Å². The Morgan fingerprint density at radius 3 is 2.61 bits per heavy atom. The molecule has 4 heteroatoms. The highest BCUT2D eigenvalue weighted by Crippen LogP contribution is 2.26. The van der Waals surface area contributed by atoms with Crippen LogP contribution >= 0.6 is 11.6 Å². The molecule has 0 amide bonds. The Bertz CT molecular complexity index is 369. The van der Waals surface area contributed by atoms with Crippen LogP contribution < -0.4 is 10.5 Å². The van der Waals surface area contributed by atoms with E-state index in [1.807, 2.05) is 18.2 Å². The van der Waals surface area contributed by atoms with Crippen LogP contribution in [0.5, 0.6) is 5.75 Å². The van der Waals surface area contributed by atoms with E-state index in [0.717, 1.165) is 12.0 Å². The molecule has 0 radical (unpaired) electrons. The van der Waals surface area contributed by atoms with E-state index in [1.54, 1.807) is 7.11 Å². The highest BCUT2D eigenvalue weighted by Gasteiger charge is 2.10. The van der Waals surface area contributed by atoms with Crippen LogP contribution in [0.1, 0.15) is 19.4 Å². The second-order valence-electron chi connectivity index (χ2n) is 4.72. The Morgan fingerprint density at radius 1 is 1.28 bits per heavy atom. The number of benzene rings is 1. The second-order valence-corrected chi connectivity index (χ2v) is 5.13.